The van der Waals surface area contributed by atoms with Crippen LogP contribution in [-0.4, -0.2) is 26.1 Å². The Hall–Kier alpha value is -1.76. The number of benzene rings is 1. The van der Waals surface area contributed by atoms with Crippen LogP contribution in [0.1, 0.15) is 44.0 Å². The second-order valence-electron chi connectivity index (χ2n) is 5.83. The van der Waals surface area contributed by atoms with E-state index >= 15 is 0 Å². The first kappa shape index (κ1) is 19.0. The van der Waals surface area contributed by atoms with E-state index in [0.29, 0.717) is 16.3 Å². The molecule has 0 bridgehead atoms. The summed E-state index contributed by atoms with van der Waals surface area (Å²) in [6, 6.07) is 2.96. The van der Waals surface area contributed by atoms with Gasteiger partial charge in [0.1, 0.15) is 5.00 Å². The average molecular weight is 414 g/mol. The lowest BCUT2D eigenvalue weighted by atomic mass is 9.95. The van der Waals surface area contributed by atoms with Gasteiger partial charge in [-0.15, -0.1) is 11.3 Å². The Balaban J connectivity index is 1.95. The summed E-state index contributed by atoms with van der Waals surface area (Å²) < 4.78 is 10.0. The number of amides is 1. The highest BCUT2D eigenvalue weighted by molar-refractivity contribution is 7.17. The number of thiophene rings is 1. The van der Waals surface area contributed by atoms with E-state index < -0.39 is 11.9 Å². The van der Waals surface area contributed by atoms with Crippen LogP contribution in [0, 0.1) is 0 Å². The fourth-order valence-corrected chi connectivity index (χ4v) is 4.95. The molecule has 0 saturated carbocycles. The molecular weight excluding hydrogens is 397 g/mol. The van der Waals surface area contributed by atoms with E-state index in [9.17, 15) is 9.59 Å². The van der Waals surface area contributed by atoms with Crippen LogP contribution in [0.15, 0.2) is 12.1 Å². The molecule has 2 aromatic rings. The van der Waals surface area contributed by atoms with Gasteiger partial charge in [0, 0.05) is 10.4 Å². The summed E-state index contributed by atoms with van der Waals surface area (Å²) in [4.78, 5) is 26.1. The molecule has 1 aromatic heterocycles. The van der Waals surface area contributed by atoms with Crippen molar-refractivity contribution in [1.82, 2.24) is 0 Å². The molecular formula is C18H17Cl2NO4S. The van der Waals surface area contributed by atoms with E-state index in [1.807, 2.05) is 0 Å². The molecule has 0 atom stereocenters. The maximum Gasteiger partial charge on any atom is 0.341 e. The molecule has 26 heavy (non-hydrogen) atoms. The molecule has 1 N–H and O–H groups in total. The Morgan fingerprint density at radius 3 is 2.38 bits per heavy atom. The van der Waals surface area contributed by atoms with Crippen LogP contribution in [0.5, 0.6) is 5.75 Å². The summed E-state index contributed by atoms with van der Waals surface area (Å²) in [6.07, 6.45) is 3.81. The molecule has 1 aliphatic carbocycles. The fraction of sp³-hybridized carbons (Fsp3) is 0.333. The molecule has 1 aliphatic rings. The van der Waals surface area contributed by atoms with Gasteiger partial charge < -0.3 is 14.8 Å². The fourth-order valence-electron chi connectivity index (χ4n) is 3.03. The number of rotatable bonds is 4. The molecule has 5 nitrogen and oxygen atoms in total. The summed E-state index contributed by atoms with van der Waals surface area (Å²) in [5, 5.41) is 3.79. The van der Waals surface area contributed by atoms with E-state index in [2.05, 4.69) is 5.32 Å². The second kappa shape index (κ2) is 7.86. The number of hydrogen-bond donors (Lipinski definition) is 1. The van der Waals surface area contributed by atoms with Crippen LogP contribution in [0.4, 0.5) is 5.00 Å². The number of anilines is 1. The first-order valence-electron chi connectivity index (χ1n) is 8.03. The van der Waals surface area contributed by atoms with Crippen molar-refractivity contribution in [1.29, 1.82) is 0 Å². The number of ether oxygens (including phenoxy) is 2. The average Bonchev–Trinajstić information content (AvgIpc) is 2.98. The van der Waals surface area contributed by atoms with Crippen LogP contribution < -0.4 is 10.1 Å². The molecule has 1 aromatic carbocycles. The predicted molar refractivity (Wildman–Crippen MR) is 103 cm³/mol. The summed E-state index contributed by atoms with van der Waals surface area (Å²) in [7, 11) is 2.79. The highest BCUT2D eigenvalue weighted by Gasteiger charge is 2.27. The van der Waals surface area contributed by atoms with Gasteiger partial charge in [0.05, 0.1) is 29.8 Å². The third kappa shape index (κ3) is 3.54. The summed E-state index contributed by atoms with van der Waals surface area (Å²) in [5.41, 5.74) is 1.71. The van der Waals surface area contributed by atoms with Gasteiger partial charge in [-0.25, -0.2) is 4.79 Å². The minimum absolute atomic E-state index is 0.240. The molecule has 1 amide bonds. The highest BCUT2D eigenvalue weighted by Crippen LogP contribution is 2.39. The monoisotopic (exact) mass is 413 g/mol. The van der Waals surface area contributed by atoms with Crippen LogP contribution in [0.2, 0.25) is 10.0 Å². The molecule has 138 valence electrons. The summed E-state index contributed by atoms with van der Waals surface area (Å²) >= 11 is 13.6. The number of fused-ring (bicyclic) bond motifs is 1. The van der Waals surface area contributed by atoms with E-state index in [4.69, 9.17) is 32.7 Å². The number of nitrogens with one attached hydrogen (secondary N) is 1. The second-order valence-corrected chi connectivity index (χ2v) is 7.75. The molecule has 0 aliphatic heterocycles. The number of esters is 1. The third-order valence-corrected chi connectivity index (χ3v) is 6.02. The molecule has 0 fully saturated rings. The Kier molecular flexibility index (Phi) is 5.75. The quantitative estimate of drug-likeness (QED) is 0.717. The number of methoxy groups -OCH3 is 2. The Labute approximate surface area is 165 Å². The Bertz CT molecular complexity index is 855. The minimum atomic E-state index is -0.439. The summed E-state index contributed by atoms with van der Waals surface area (Å²) in [6.45, 7) is 0. The smallest absolute Gasteiger partial charge is 0.341 e. The van der Waals surface area contributed by atoms with Crippen molar-refractivity contribution < 1.29 is 19.1 Å². The van der Waals surface area contributed by atoms with Crippen molar-refractivity contribution in [2.24, 2.45) is 0 Å². The van der Waals surface area contributed by atoms with Crippen LogP contribution in [0.25, 0.3) is 0 Å². The topological polar surface area (TPSA) is 64.6 Å². The zero-order valence-electron chi connectivity index (χ0n) is 14.3. The normalized spacial score (nSPS) is 13.1. The number of carbonyl (C=O) groups is 2. The van der Waals surface area contributed by atoms with Gasteiger partial charge in [0.25, 0.3) is 5.91 Å². The van der Waals surface area contributed by atoms with Gasteiger partial charge in [0.15, 0.2) is 5.75 Å². The molecule has 0 spiro atoms. The van der Waals surface area contributed by atoms with Gasteiger partial charge in [-0.1, -0.05) is 23.2 Å². The molecule has 8 heteroatoms. The van der Waals surface area contributed by atoms with Crippen LogP contribution >= 0.6 is 34.5 Å². The molecule has 1 heterocycles. The van der Waals surface area contributed by atoms with Gasteiger partial charge in [0.2, 0.25) is 0 Å². The van der Waals surface area contributed by atoms with Crippen LogP contribution in [-0.2, 0) is 17.6 Å². The van der Waals surface area contributed by atoms with Crippen molar-refractivity contribution in [3.05, 3.63) is 43.7 Å². The molecule has 3 rings (SSSR count). The van der Waals surface area contributed by atoms with E-state index in [0.717, 1.165) is 36.1 Å². The molecule has 0 saturated heterocycles. The lowest BCUT2D eigenvalue weighted by molar-refractivity contribution is 0.0601. The van der Waals surface area contributed by atoms with Gasteiger partial charge in [-0.05, 0) is 43.4 Å². The SMILES string of the molecule is COC(=O)c1c(NC(=O)c2cc(Cl)c(OC)c(Cl)c2)sc2c1CCCC2. The Morgan fingerprint density at radius 2 is 1.77 bits per heavy atom. The predicted octanol–water partition coefficient (Wildman–Crippen LogP) is 4.98. The lowest BCUT2D eigenvalue weighted by Crippen LogP contribution is -2.15. The first-order valence-corrected chi connectivity index (χ1v) is 9.60. The van der Waals surface area contributed by atoms with Crippen molar-refractivity contribution in [3.8, 4) is 5.75 Å². The number of hydrogen-bond acceptors (Lipinski definition) is 5. The van der Waals surface area contributed by atoms with Crippen molar-refractivity contribution >= 4 is 51.4 Å². The van der Waals surface area contributed by atoms with E-state index in [-0.39, 0.29) is 15.6 Å². The van der Waals surface area contributed by atoms with Gasteiger partial charge in [-0.2, -0.15) is 0 Å². The number of carbonyl (C=O) groups excluding carboxylic acids is 2. The van der Waals surface area contributed by atoms with Crippen molar-refractivity contribution in [3.63, 3.8) is 0 Å². The number of halogens is 2. The minimum Gasteiger partial charge on any atom is -0.494 e. The maximum atomic E-state index is 12.7. The van der Waals surface area contributed by atoms with Crippen LogP contribution in [0.3, 0.4) is 0 Å². The number of aryl methyl sites for hydroxylation is 1. The molecule has 0 unspecified atom stereocenters. The highest BCUT2D eigenvalue weighted by atomic mass is 35.5. The molecule has 0 radical (unpaired) electrons. The van der Waals surface area contributed by atoms with Gasteiger partial charge in [-0.3, -0.25) is 4.79 Å². The maximum absolute atomic E-state index is 12.7. The largest absolute Gasteiger partial charge is 0.494 e. The van der Waals surface area contributed by atoms with E-state index in [1.165, 1.54) is 37.7 Å². The Morgan fingerprint density at radius 1 is 1.12 bits per heavy atom. The zero-order chi connectivity index (χ0) is 18.8. The lowest BCUT2D eigenvalue weighted by Gasteiger charge is -2.12. The van der Waals surface area contributed by atoms with Crippen molar-refractivity contribution in [2.75, 3.05) is 19.5 Å². The van der Waals surface area contributed by atoms with Crippen molar-refractivity contribution in [2.45, 2.75) is 25.7 Å². The summed E-state index contributed by atoms with van der Waals surface area (Å²) in [5.74, 6) is -0.530. The first-order chi connectivity index (χ1) is 12.5. The standard InChI is InChI=1S/C18H17Cl2NO4S/c1-24-15-11(19)7-9(8-12(15)20)16(22)21-17-14(18(23)25-2)10-5-3-4-6-13(10)26-17/h7-8H,3-6H2,1-2H3,(H,21,22). The zero-order valence-corrected chi connectivity index (χ0v) is 16.6. The van der Waals surface area contributed by atoms with Gasteiger partial charge >= 0.3 is 5.97 Å². The third-order valence-electron chi connectivity index (χ3n) is 4.25. The van der Waals surface area contributed by atoms with E-state index in [1.54, 1.807) is 0 Å².